The minimum absolute atomic E-state index is 0.0235. The van der Waals surface area contributed by atoms with Gasteiger partial charge in [0.25, 0.3) is 0 Å². The second kappa shape index (κ2) is 9.10. The van der Waals surface area contributed by atoms with Gasteiger partial charge in [-0.15, -0.1) is 0 Å². The molecule has 4 saturated carbocycles. The molecular formula is C29H34ClNO4. The molecule has 5 aliphatic rings. The second-order valence-corrected chi connectivity index (χ2v) is 11.8. The SMILES string of the molecule is O=C1C(Cc2ccc(OCc3ccc(CO)cc3)cc2Cl)CCN1C1C2CC3CC1CC(O)(C3)C2. The smallest absolute Gasteiger partial charge is 0.226 e. The first-order valence-electron chi connectivity index (χ1n) is 13.0. The van der Waals surface area contributed by atoms with Gasteiger partial charge >= 0.3 is 0 Å². The number of ether oxygens (including phenoxy) is 1. The first-order chi connectivity index (χ1) is 16.9. The molecule has 1 saturated heterocycles. The van der Waals surface area contributed by atoms with Gasteiger partial charge in [-0.05, 0) is 91.5 Å². The summed E-state index contributed by atoms with van der Waals surface area (Å²) < 4.78 is 5.91. The van der Waals surface area contributed by atoms with Gasteiger partial charge in [-0.25, -0.2) is 0 Å². The fourth-order valence-corrected chi connectivity index (χ4v) is 7.92. The zero-order valence-electron chi connectivity index (χ0n) is 20.0. The van der Waals surface area contributed by atoms with Crippen LogP contribution in [0.2, 0.25) is 5.02 Å². The molecule has 6 heteroatoms. The molecule has 1 amide bonds. The average molecular weight is 496 g/mol. The van der Waals surface area contributed by atoms with E-state index in [0.717, 1.165) is 48.9 Å². The molecule has 1 heterocycles. The maximum absolute atomic E-state index is 13.5. The van der Waals surface area contributed by atoms with Crippen molar-refractivity contribution in [3.8, 4) is 5.75 Å². The number of halogens is 1. The zero-order chi connectivity index (χ0) is 24.2. The lowest BCUT2D eigenvalue weighted by Crippen LogP contribution is -2.62. The van der Waals surface area contributed by atoms with Crippen molar-refractivity contribution in [3.05, 3.63) is 64.2 Å². The maximum Gasteiger partial charge on any atom is 0.226 e. The average Bonchev–Trinajstić information content (AvgIpc) is 3.18. The lowest BCUT2D eigenvalue weighted by atomic mass is 9.52. The van der Waals surface area contributed by atoms with Crippen LogP contribution >= 0.6 is 11.6 Å². The molecule has 2 N–H and O–H groups in total. The normalized spacial score (nSPS) is 33.5. The molecule has 186 valence electrons. The Morgan fingerprint density at radius 3 is 2.40 bits per heavy atom. The van der Waals surface area contributed by atoms with Crippen molar-refractivity contribution in [3.63, 3.8) is 0 Å². The summed E-state index contributed by atoms with van der Waals surface area (Å²) in [4.78, 5) is 15.7. The van der Waals surface area contributed by atoms with Crippen LogP contribution in [0.1, 0.15) is 55.2 Å². The minimum atomic E-state index is -0.463. The Balaban J connectivity index is 1.08. The molecule has 4 bridgehead atoms. The number of hydrogen-bond acceptors (Lipinski definition) is 4. The van der Waals surface area contributed by atoms with Crippen LogP contribution in [-0.4, -0.2) is 39.2 Å². The monoisotopic (exact) mass is 495 g/mol. The number of nitrogens with zero attached hydrogens (tertiary/aromatic N) is 1. The van der Waals surface area contributed by atoms with Gasteiger partial charge in [0, 0.05) is 23.5 Å². The van der Waals surface area contributed by atoms with Crippen LogP contribution in [0.4, 0.5) is 0 Å². The highest BCUT2D eigenvalue weighted by molar-refractivity contribution is 6.31. The van der Waals surface area contributed by atoms with Crippen molar-refractivity contribution in [1.82, 2.24) is 4.90 Å². The Hall–Kier alpha value is -2.08. The highest BCUT2D eigenvalue weighted by Crippen LogP contribution is 2.57. The van der Waals surface area contributed by atoms with Crippen molar-refractivity contribution in [2.24, 2.45) is 23.7 Å². The lowest BCUT2D eigenvalue weighted by molar-refractivity contribution is -0.168. The van der Waals surface area contributed by atoms with E-state index in [1.165, 1.54) is 12.8 Å². The summed E-state index contributed by atoms with van der Waals surface area (Å²) in [6.07, 6.45) is 6.60. The first-order valence-corrected chi connectivity index (χ1v) is 13.4. The van der Waals surface area contributed by atoms with E-state index >= 15 is 0 Å². The number of carbonyl (C=O) groups excluding carboxylic acids is 1. The van der Waals surface area contributed by atoms with Crippen LogP contribution in [0.25, 0.3) is 0 Å². The van der Waals surface area contributed by atoms with Gasteiger partial charge in [-0.2, -0.15) is 0 Å². The van der Waals surface area contributed by atoms with Gasteiger partial charge in [0.2, 0.25) is 5.91 Å². The number of aliphatic hydroxyl groups is 2. The number of amides is 1. The third kappa shape index (κ3) is 4.47. The number of rotatable bonds is 7. The molecule has 0 radical (unpaired) electrons. The maximum atomic E-state index is 13.5. The third-order valence-electron chi connectivity index (χ3n) is 9.00. The van der Waals surface area contributed by atoms with Crippen LogP contribution in [0, 0.1) is 23.7 Å². The van der Waals surface area contributed by atoms with Gasteiger partial charge in [0.15, 0.2) is 0 Å². The molecule has 0 spiro atoms. The standard InChI is InChI=1S/C29H34ClNO4/c30-26-12-25(35-17-19-3-1-18(16-32)2-4-19)6-5-21(26)11-22-7-8-31(28(22)33)27-23-9-20-10-24(27)15-29(34,13-20)14-23/h1-6,12,20,22-24,27,32,34H,7-11,13-17H2. The second-order valence-electron chi connectivity index (χ2n) is 11.4. The molecule has 35 heavy (non-hydrogen) atoms. The number of likely N-dealkylation sites (tertiary alicyclic amines) is 1. The van der Waals surface area contributed by atoms with E-state index < -0.39 is 5.60 Å². The summed E-state index contributed by atoms with van der Waals surface area (Å²) in [6.45, 7) is 1.29. The molecule has 3 atom stereocenters. The molecule has 5 fully saturated rings. The van der Waals surface area contributed by atoms with E-state index in [-0.39, 0.29) is 18.4 Å². The van der Waals surface area contributed by atoms with Gasteiger partial charge < -0.3 is 19.8 Å². The molecule has 7 rings (SSSR count). The van der Waals surface area contributed by atoms with Gasteiger partial charge in [0.05, 0.1) is 12.2 Å². The number of hydrogen-bond donors (Lipinski definition) is 2. The topological polar surface area (TPSA) is 70.0 Å². The van der Waals surface area contributed by atoms with Gasteiger partial charge in [0.1, 0.15) is 12.4 Å². The largest absolute Gasteiger partial charge is 0.489 e. The van der Waals surface area contributed by atoms with E-state index in [1.54, 1.807) is 0 Å². The first kappa shape index (κ1) is 23.3. The van der Waals surface area contributed by atoms with Crippen LogP contribution in [0.5, 0.6) is 5.75 Å². The molecule has 4 aliphatic carbocycles. The Labute approximate surface area is 212 Å². The fourth-order valence-electron chi connectivity index (χ4n) is 7.67. The van der Waals surface area contributed by atoms with Gasteiger partial charge in [-0.3, -0.25) is 4.79 Å². The minimum Gasteiger partial charge on any atom is -0.489 e. The Bertz CT molecular complexity index is 1090. The van der Waals surface area contributed by atoms with E-state index in [1.807, 2.05) is 42.5 Å². The van der Waals surface area contributed by atoms with Crippen molar-refractivity contribution < 1.29 is 19.7 Å². The highest BCUT2D eigenvalue weighted by Gasteiger charge is 2.57. The van der Waals surface area contributed by atoms with E-state index in [2.05, 4.69) is 4.90 Å². The predicted molar refractivity (Wildman–Crippen MR) is 134 cm³/mol. The predicted octanol–water partition coefficient (Wildman–Crippen LogP) is 4.74. The molecular weight excluding hydrogens is 462 g/mol. The van der Waals surface area contributed by atoms with Crippen molar-refractivity contribution in [2.45, 2.75) is 69.8 Å². The van der Waals surface area contributed by atoms with Crippen LogP contribution in [-0.2, 0) is 24.4 Å². The highest BCUT2D eigenvalue weighted by atomic mass is 35.5. The van der Waals surface area contributed by atoms with E-state index in [4.69, 9.17) is 16.3 Å². The Morgan fingerprint density at radius 1 is 1.03 bits per heavy atom. The third-order valence-corrected chi connectivity index (χ3v) is 9.36. The molecule has 0 aromatic heterocycles. The zero-order valence-corrected chi connectivity index (χ0v) is 20.8. The van der Waals surface area contributed by atoms with E-state index in [0.29, 0.717) is 47.6 Å². The van der Waals surface area contributed by atoms with Gasteiger partial charge in [-0.1, -0.05) is 41.9 Å². The summed E-state index contributed by atoms with van der Waals surface area (Å²) in [5, 5.41) is 20.7. The summed E-state index contributed by atoms with van der Waals surface area (Å²) in [5.74, 6) is 2.54. The fraction of sp³-hybridized carbons (Fsp3) is 0.552. The molecule has 2 aromatic rings. The van der Waals surface area contributed by atoms with Crippen molar-refractivity contribution in [2.75, 3.05) is 6.54 Å². The lowest BCUT2D eigenvalue weighted by Gasteiger charge is -2.59. The van der Waals surface area contributed by atoms with Crippen molar-refractivity contribution >= 4 is 17.5 Å². The van der Waals surface area contributed by atoms with Crippen molar-refractivity contribution in [1.29, 1.82) is 0 Å². The summed E-state index contributed by atoms with van der Waals surface area (Å²) >= 11 is 6.62. The molecule has 2 aromatic carbocycles. The number of aliphatic hydroxyl groups excluding tert-OH is 1. The molecule has 3 unspecified atom stereocenters. The number of benzene rings is 2. The quantitative estimate of drug-likeness (QED) is 0.582. The summed E-state index contributed by atoms with van der Waals surface area (Å²) in [7, 11) is 0. The van der Waals surface area contributed by atoms with E-state index in [9.17, 15) is 15.0 Å². The Morgan fingerprint density at radius 2 is 1.74 bits per heavy atom. The molecule has 5 nitrogen and oxygen atoms in total. The van der Waals surface area contributed by atoms with Crippen LogP contribution in [0.15, 0.2) is 42.5 Å². The number of carbonyl (C=O) groups is 1. The summed E-state index contributed by atoms with van der Waals surface area (Å²) in [6, 6.07) is 13.8. The van der Waals surface area contributed by atoms with Crippen LogP contribution in [0.3, 0.4) is 0 Å². The van der Waals surface area contributed by atoms with Crippen LogP contribution < -0.4 is 4.74 Å². The molecule has 1 aliphatic heterocycles. The summed E-state index contributed by atoms with van der Waals surface area (Å²) in [5.41, 5.74) is 2.43. The Kier molecular flexibility index (Phi) is 6.06.